The summed E-state index contributed by atoms with van der Waals surface area (Å²) in [7, 11) is -3.48. The van der Waals surface area contributed by atoms with Gasteiger partial charge in [-0.15, -0.1) is 0 Å². The van der Waals surface area contributed by atoms with Crippen molar-refractivity contribution in [2.75, 3.05) is 5.32 Å². The molecular formula is C30H25N3O3S. The van der Waals surface area contributed by atoms with E-state index in [1.807, 2.05) is 67.6 Å². The first-order valence-electron chi connectivity index (χ1n) is 11.8. The van der Waals surface area contributed by atoms with Crippen LogP contribution in [0.3, 0.4) is 0 Å². The summed E-state index contributed by atoms with van der Waals surface area (Å²) in [6, 6.07) is 29.3. The topological polar surface area (TPSA) is 91.9 Å². The molecule has 0 bridgehead atoms. The maximum Gasteiger partial charge on any atom is 0.248 e. The number of rotatable bonds is 7. The predicted octanol–water partition coefficient (Wildman–Crippen LogP) is 6.16. The van der Waals surface area contributed by atoms with Crippen molar-refractivity contribution in [2.45, 2.75) is 17.6 Å². The molecule has 0 saturated carbocycles. The molecule has 0 unspecified atom stereocenters. The van der Waals surface area contributed by atoms with E-state index < -0.39 is 9.84 Å². The number of para-hydroxylation sites is 3. The van der Waals surface area contributed by atoms with Crippen molar-refractivity contribution in [1.82, 2.24) is 9.97 Å². The van der Waals surface area contributed by atoms with E-state index in [2.05, 4.69) is 15.3 Å². The van der Waals surface area contributed by atoms with Gasteiger partial charge >= 0.3 is 0 Å². The number of aromatic nitrogens is 2. The first kappa shape index (κ1) is 24.2. The van der Waals surface area contributed by atoms with E-state index in [9.17, 15) is 13.2 Å². The van der Waals surface area contributed by atoms with Gasteiger partial charge in [-0.2, -0.15) is 0 Å². The Hall–Kier alpha value is -4.49. The van der Waals surface area contributed by atoms with Crippen LogP contribution in [0.4, 0.5) is 5.69 Å². The number of hydrogen-bond donors (Lipinski definition) is 2. The normalized spacial score (nSPS) is 11.7. The summed E-state index contributed by atoms with van der Waals surface area (Å²) in [6.07, 6.45) is 3.10. The highest BCUT2D eigenvalue weighted by Gasteiger charge is 2.16. The zero-order valence-electron chi connectivity index (χ0n) is 20.2. The molecule has 1 heterocycles. The van der Waals surface area contributed by atoms with E-state index >= 15 is 0 Å². The lowest BCUT2D eigenvalue weighted by Gasteiger charge is -2.08. The standard InChI is InChI=1S/C30H25N3O3S/c1-21-8-6-11-24(18-21)37(35,36)20-23-10-7-9-22(19-23)16-17-29(34)31-26-13-3-2-12-25(26)30-32-27-14-4-5-15-28(27)33-30/h2-19H,20H2,1H3,(H,31,34)(H,32,33)/b17-16+. The lowest BCUT2D eigenvalue weighted by Crippen LogP contribution is -2.09. The Bertz CT molecular complexity index is 1700. The van der Waals surface area contributed by atoms with Gasteiger partial charge in [0.1, 0.15) is 5.82 Å². The second-order valence-electron chi connectivity index (χ2n) is 8.79. The van der Waals surface area contributed by atoms with Crippen LogP contribution >= 0.6 is 0 Å². The fourth-order valence-electron chi connectivity index (χ4n) is 4.12. The minimum atomic E-state index is -3.48. The number of benzene rings is 4. The lowest BCUT2D eigenvalue weighted by atomic mass is 10.1. The molecule has 4 aromatic carbocycles. The number of aromatic amines is 1. The third-order valence-electron chi connectivity index (χ3n) is 5.91. The molecule has 1 amide bonds. The van der Waals surface area contributed by atoms with E-state index in [1.165, 1.54) is 6.08 Å². The highest BCUT2D eigenvalue weighted by Crippen LogP contribution is 2.27. The van der Waals surface area contributed by atoms with Crippen LogP contribution in [0.2, 0.25) is 0 Å². The van der Waals surface area contributed by atoms with Crippen LogP contribution in [0, 0.1) is 6.92 Å². The van der Waals surface area contributed by atoms with Crippen molar-refractivity contribution in [3.05, 3.63) is 120 Å². The van der Waals surface area contributed by atoms with Crippen LogP contribution in [0.1, 0.15) is 16.7 Å². The third kappa shape index (κ3) is 5.68. The van der Waals surface area contributed by atoms with Crippen LogP contribution in [0.25, 0.3) is 28.5 Å². The summed E-state index contributed by atoms with van der Waals surface area (Å²) in [5.41, 5.74) is 5.46. The maximum atomic E-state index is 12.9. The number of hydrogen-bond acceptors (Lipinski definition) is 4. The van der Waals surface area contributed by atoms with Gasteiger partial charge in [0.25, 0.3) is 0 Å². The van der Waals surface area contributed by atoms with E-state index in [1.54, 1.807) is 42.5 Å². The van der Waals surface area contributed by atoms with Gasteiger partial charge in [0.2, 0.25) is 5.91 Å². The molecule has 1 aromatic heterocycles. The molecule has 7 heteroatoms. The molecule has 0 radical (unpaired) electrons. The summed E-state index contributed by atoms with van der Waals surface area (Å²) in [6.45, 7) is 1.87. The van der Waals surface area contributed by atoms with Crippen molar-refractivity contribution >= 4 is 38.5 Å². The fourth-order valence-corrected chi connectivity index (χ4v) is 5.56. The Balaban J connectivity index is 1.31. The summed E-state index contributed by atoms with van der Waals surface area (Å²) in [5.74, 6) is 0.250. The number of amides is 1. The molecule has 0 fully saturated rings. The largest absolute Gasteiger partial charge is 0.338 e. The Morgan fingerprint density at radius 1 is 0.919 bits per heavy atom. The first-order chi connectivity index (χ1) is 17.9. The smallest absolute Gasteiger partial charge is 0.248 e. The summed E-state index contributed by atoms with van der Waals surface area (Å²) < 4.78 is 25.7. The second-order valence-corrected chi connectivity index (χ2v) is 10.8. The molecule has 5 aromatic rings. The summed E-state index contributed by atoms with van der Waals surface area (Å²) in [4.78, 5) is 21.0. The van der Waals surface area contributed by atoms with E-state index in [4.69, 9.17) is 0 Å². The number of aryl methyl sites for hydroxylation is 1. The van der Waals surface area contributed by atoms with Gasteiger partial charge in [0, 0.05) is 11.6 Å². The zero-order chi connectivity index (χ0) is 25.8. The van der Waals surface area contributed by atoms with Crippen LogP contribution < -0.4 is 5.32 Å². The third-order valence-corrected chi connectivity index (χ3v) is 7.60. The number of nitrogens with one attached hydrogen (secondary N) is 2. The number of nitrogens with zero attached hydrogens (tertiary/aromatic N) is 1. The Kier molecular flexibility index (Phi) is 6.70. The number of carbonyl (C=O) groups excluding carboxylic acids is 1. The quantitative estimate of drug-likeness (QED) is 0.258. The van der Waals surface area contributed by atoms with Gasteiger partial charge in [-0.1, -0.05) is 60.7 Å². The number of carbonyl (C=O) groups is 1. The lowest BCUT2D eigenvalue weighted by molar-refractivity contribution is -0.111. The molecular weight excluding hydrogens is 482 g/mol. The van der Waals surface area contributed by atoms with E-state index in [0.29, 0.717) is 22.0 Å². The highest BCUT2D eigenvalue weighted by atomic mass is 32.2. The Morgan fingerprint density at radius 3 is 2.54 bits per heavy atom. The summed E-state index contributed by atoms with van der Waals surface area (Å²) in [5, 5.41) is 2.92. The molecule has 0 spiro atoms. The maximum absolute atomic E-state index is 12.9. The number of imidazole rings is 1. The van der Waals surface area contributed by atoms with Gasteiger partial charge in [0.15, 0.2) is 9.84 Å². The average molecular weight is 508 g/mol. The zero-order valence-corrected chi connectivity index (χ0v) is 21.0. The van der Waals surface area contributed by atoms with Crippen LogP contribution in [0.15, 0.2) is 108 Å². The Labute approximate surface area is 215 Å². The average Bonchev–Trinajstić information content (AvgIpc) is 3.32. The number of H-pyrrole nitrogens is 1. The van der Waals surface area contributed by atoms with Crippen molar-refractivity contribution in [3.63, 3.8) is 0 Å². The van der Waals surface area contributed by atoms with Crippen molar-refractivity contribution < 1.29 is 13.2 Å². The van der Waals surface area contributed by atoms with Crippen LogP contribution in [-0.2, 0) is 20.4 Å². The van der Waals surface area contributed by atoms with Gasteiger partial charge in [-0.25, -0.2) is 13.4 Å². The molecule has 5 rings (SSSR count). The van der Waals surface area contributed by atoms with Crippen molar-refractivity contribution in [2.24, 2.45) is 0 Å². The van der Waals surface area contributed by atoms with Gasteiger partial charge in [-0.05, 0) is 66.1 Å². The summed E-state index contributed by atoms with van der Waals surface area (Å²) >= 11 is 0. The van der Waals surface area contributed by atoms with Crippen molar-refractivity contribution in [3.8, 4) is 11.4 Å². The molecule has 0 aliphatic rings. The predicted molar refractivity (Wildman–Crippen MR) is 148 cm³/mol. The van der Waals surface area contributed by atoms with Crippen LogP contribution in [0.5, 0.6) is 0 Å². The molecule has 6 nitrogen and oxygen atoms in total. The monoisotopic (exact) mass is 507 g/mol. The fraction of sp³-hybridized carbons (Fsp3) is 0.0667. The minimum absolute atomic E-state index is 0.116. The molecule has 0 aliphatic heterocycles. The van der Waals surface area contributed by atoms with Crippen LogP contribution in [-0.4, -0.2) is 24.3 Å². The van der Waals surface area contributed by atoms with Crippen molar-refractivity contribution in [1.29, 1.82) is 0 Å². The SMILES string of the molecule is Cc1cccc(S(=O)(=O)Cc2cccc(/C=C/C(=O)Nc3ccccc3-c3nc4ccccc4[nH]3)c2)c1. The molecule has 2 N–H and O–H groups in total. The van der Waals surface area contributed by atoms with E-state index in [0.717, 1.165) is 27.7 Å². The molecule has 0 atom stereocenters. The molecule has 0 aliphatic carbocycles. The van der Waals surface area contributed by atoms with Gasteiger partial charge in [0.05, 0.1) is 27.4 Å². The highest BCUT2D eigenvalue weighted by molar-refractivity contribution is 7.90. The second kappa shape index (κ2) is 10.2. The molecule has 0 saturated heterocycles. The number of sulfone groups is 1. The van der Waals surface area contributed by atoms with Gasteiger partial charge < -0.3 is 10.3 Å². The minimum Gasteiger partial charge on any atom is -0.338 e. The van der Waals surface area contributed by atoms with Gasteiger partial charge in [-0.3, -0.25) is 4.79 Å². The molecule has 184 valence electrons. The number of anilines is 1. The molecule has 37 heavy (non-hydrogen) atoms. The first-order valence-corrected chi connectivity index (χ1v) is 13.4. The Morgan fingerprint density at radius 2 is 1.70 bits per heavy atom. The number of fused-ring (bicyclic) bond motifs is 1. The van der Waals surface area contributed by atoms with E-state index in [-0.39, 0.29) is 11.7 Å².